The van der Waals surface area contributed by atoms with E-state index in [2.05, 4.69) is 20.5 Å². The van der Waals surface area contributed by atoms with Crippen LogP contribution in [-0.2, 0) is 4.79 Å². The van der Waals surface area contributed by atoms with Crippen molar-refractivity contribution in [3.8, 4) is 34.3 Å². The fourth-order valence-corrected chi connectivity index (χ4v) is 4.90. The van der Waals surface area contributed by atoms with Gasteiger partial charge in [0.25, 0.3) is 0 Å². The van der Waals surface area contributed by atoms with Crippen molar-refractivity contribution in [1.82, 2.24) is 19.7 Å². The van der Waals surface area contributed by atoms with Crippen molar-refractivity contribution in [2.24, 2.45) is 0 Å². The maximum atomic E-state index is 12.7. The summed E-state index contributed by atoms with van der Waals surface area (Å²) in [7, 11) is 1.62. The van der Waals surface area contributed by atoms with Crippen LogP contribution in [0.15, 0.2) is 81.9 Å². The maximum Gasteiger partial charge on any atom is 0.236 e. The third kappa shape index (κ3) is 5.24. The molecule has 0 aliphatic rings. The lowest BCUT2D eigenvalue weighted by molar-refractivity contribution is -0.113. The number of furan rings is 1. The molecule has 1 N–H and O–H groups in total. The van der Waals surface area contributed by atoms with E-state index in [9.17, 15) is 4.79 Å². The van der Waals surface area contributed by atoms with Gasteiger partial charge in [-0.05, 0) is 48.5 Å². The van der Waals surface area contributed by atoms with Gasteiger partial charge < -0.3 is 14.5 Å². The highest BCUT2D eigenvalue weighted by atomic mass is 35.5. The Morgan fingerprint density at radius 3 is 2.80 bits per heavy atom. The first-order valence-electron chi connectivity index (χ1n) is 10.4. The van der Waals surface area contributed by atoms with Crippen LogP contribution in [0.25, 0.3) is 28.5 Å². The SMILES string of the molecule is COc1cccc(-c2csc(NC(=O)CSc3nnc(-c4ccco4)n3-c3ccc(Cl)cc3)n2)c1. The number of anilines is 1. The molecule has 2 aromatic carbocycles. The largest absolute Gasteiger partial charge is 0.497 e. The first-order chi connectivity index (χ1) is 17.1. The molecule has 5 aromatic rings. The number of hydrogen-bond donors (Lipinski definition) is 1. The van der Waals surface area contributed by atoms with E-state index in [0.29, 0.717) is 26.9 Å². The zero-order valence-electron chi connectivity index (χ0n) is 18.3. The molecular formula is C24H18ClN5O3S2. The van der Waals surface area contributed by atoms with E-state index in [0.717, 1.165) is 22.7 Å². The minimum atomic E-state index is -0.202. The quantitative estimate of drug-likeness (QED) is 0.247. The predicted molar refractivity (Wildman–Crippen MR) is 138 cm³/mol. The average Bonchev–Trinajstić information content (AvgIpc) is 3.64. The molecule has 1 amide bonds. The van der Waals surface area contributed by atoms with Crippen LogP contribution >= 0.6 is 34.7 Å². The van der Waals surface area contributed by atoms with E-state index in [1.165, 1.54) is 23.1 Å². The van der Waals surface area contributed by atoms with Gasteiger partial charge in [0.1, 0.15) is 5.75 Å². The van der Waals surface area contributed by atoms with Crippen molar-refractivity contribution >= 4 is 45.7 Å². The predicted octanol–water partition coefficient (Wildman–Crippen LogP) is 6.04. The summed E-state index contributed by atoms with van der Waals surface area (Å²) in [6, 6.07) is 18.5. The Kier molecular flexibility index (Phi) is 6.84. The van der Waals surface area contributed by atoms with Crippen molar-refractivity contribution < 1.29 is 13.9 Å². The molecule has 0 fully saturated rings. The number of amides is 1. The van der Waals surface area contributed by atoms with Gasteiger partial charge in [-0.25, -0.2) is 4.98 Å². The molecule has 176 valence electrons. The van der Waals surface area contributed by atoms with E-state index >= 15 is 0 Å². The van der Waals surface area contributed by atoms with Crippen LogP contribution in [0.2, 0.25) is 5.02 Å². The Bertz CT molecular complexity index is 1450. The van der Waals surface area contributed by atoms with Gasteiger partial charge in [0.05, 0.1) is 24.8 Å². The Labute approximate surface area is 213 Å². The molecule has 0 saturated heterocycles. The number of rotatable bonds is 8. The van der Waals surface area contributed by atoms with Crippen molar-refractivity contribution in [3.05, 3.63) is 77.3 Å². The fraction of sp³-hybridized carbons (Fsp3) is 0.0833. The summed E-state index contributed by atoms with van der Waals surface area (Å²) >= 11 is 8.68. The van der Waals surface area contributed by atoms with Gasteiger partial charge in [-0.2, -0.15) is 0 Å². The number of carbonyl (C=O) groups excluding carboxylic acids is 1. The van der Waals surface area contributed by atoms with Crippen molar-refractivity contribution in [3.63, 3.8) is 0 Å². The average molecular weight is 524 g/mol. The molecule has 0 spiro atoms. The van der Waals surface area contributed by atoms with Crippen LogP contribution < -0.4 is 10.1 Å². The van der Waals surface area contributed by atoms with E-state index in [4.69, 9.17) is 20.8 Å². The molecule has 3 heterocycles. The Morgan fingerprint density at radius 1 is 1.17 bits per heavy atom. The lowest BCUT2D eigenvalue weighted by atomic mass is 10.2. The zero-order valence-corrected chi connectivity index (χ0v) is 20.7. The minimum Gasteiger partial charge on any atom is -0.497 e. The first kappa shape index (κ1) is 23.2. The Hall–Kier alpha value is -3.60. The lowest BCUT2D eigenvalue weighted by Gasteiger charge is -2.09. The number of ether oxygens (including phenoxy) is 1. The first-order valence-corrected chi connectivity index (χ1v) is 12.6. The summed E-state index contributed by atoms with van der Waals surface area (Å²) < 4.78 is 12.6. The lowest BCUT2D eigenvalue weighted by Crippen LogP contribution is -2.14. The summed E-state index contributed by atoms with van der Waals surface area (Å²) in [6.45, 7) is 0. The summed E-state index contributed by atoms with van der Waals surface area (Å²) in [5.41, 5.74) is 2.48. The van der Waals surface area contributed by atoms with Crippen LogP contribution in [0.1, 0.15) is 0 Å². The van der Waals surface area contributed by atoms with E-state index in [1.54, 1.807) is 37.6 Å². The Morgan fingerprint density at radius 2 is 2.03 bits per heavy atom. The summed E-state index contributed by atoms with van der Waals surface area (Å²) in [4.78, 5) is 17.2. The zero-order chi connectivity index (χ0) is 24.2. The van der Waals surface area contributed by atoms with Gasteiger partial charge in [0.2, 0.25) is 11.7 Å². The standard InChI is InChI=1S/C24H18ClN5O3S2/c1-32-18-5-2-4-15(12-18)19-13-34-23(26-19)27-21(31)14-35-24-29-28-22(20-6-3-11-33-20)30(24)17-9-7-16(25)8-10-17/h2-13H,14H2,1H3,(H,26,27,31). The minimum absolute atomic E-state index is 0.123. The fourth-order valence-electron chi connectivity index (χ4n) is 3.28. The number of thioether (sulfide) groups is 1. The van der Waals surface area contributed by atoms with E-state index in [-0.39, 0.29) is 11.7 Å². The van der Waals surface area contributed by atoms with Crippen LogP contribution in [0.4, 0.5) is 5.13 Å². The third-order valence-corrected chi connectivity index (χ3v) is 6.85. The highest BCUT2D eigenvalue weighted by Crippen LogP contribution is 2.30. The normalized spacial score (nSPS) is 10.9. The van der Waals surface area contributed by atoms with Gasteiger partial charge in [0, 0.05) is 21.7 Å². The molecule has 8 nitrogen and oxygen atoms in total. The van der Waals surface area contributed by atoms with E-state index in [1.807, 2.05) is 46.3 Å². The van der Waals surface area contributed by atoms with Crippen LogP contribution in [-0.4, -0.2) is 38.5 Å². The molecule has 0 bridgehead atoms. The molecule has 0 atom stereocenters. The second kappa shape index (κ2) is 10.3. The van der Waals surface area contributed by atoms with Crippen LogP contribution in [0, 0.1) is 0 Å². The summed E-state index contributed by atoms with van der Waals surface area (Å²) in [6.07, 6.45) is 1.57. The van der Waals surface area contributed by atoms with Crippen molar-refractivity contribution in [1.29, 1.82) is 0 Å². The Balaban J connectivity index is 1.30. The topological polar surface area (TPSA) is 95.1 Å². The maximum absolute atomic E-state index is 12.7. The van der Waals surface area contributed by atoms with Crippen molar-refractivity contribution in [2.45, 2.75) is 5.16 Å². The molecule has 0 saturated carbocycles. The molecule has 0 radical (unpaired) electrons. The second-order valence-corrected chi connectivity index (χ2v) is 9.44. The number of hydrogen-bond acceptors (Lipinski definition) is 8. The third-order valence-electron chi connectivity index (χ3n) is 4.91. The highest BCUT2D eigenvalue weighted by Gasteiger charge is 2.19. The van der Waals surface area contributed by atoms with Crippen LogP contribution in [0.5, 0.6) is 5.75 Å². The summed E-state index contributed by atoms with van der Waals surface area (Å²) in [5.74, 6) is 1.76. The number of aromatic nitrogens is 4. The molecular weight excluding hydrogens is 506 g/mol. The van der Waals surface area contributed by atoms with Gasteiger partial charge in [-0.1, -0.05) is 35.5 Å². The number of methoxy groups -OCH3 is 1. The number of nitrogens with one attached hydrogen (secondary N) is 1. The van der Waals surface area contributed by atoms with Gasteiger partial charge >= 0.3 is 0 Å². The second-order valence-electron chi connectivity index (χ2n) is 7.20. The molecule has 0 aliphatic heterocycles. The molecule has 3 aromatic heterocycles. The number of benzene rings is 2. The monoisotopic (exact) mass is 523 g/mol. The smallest absolute Gasteiger partial charge is 0.236 e. The molecule has 5 rings (SSSR count). The molecule has 0 aliphatic carbocycles. The van der Waals surface area contributed by atoms with Crippen LogP contribution in [0.3, 0.4) is 0 Å². The highest BCUT2D eigenvalue weighted by molar-refractivity contribution is 7.99. The van der Waals surface area contributed by atoms with Gasteiger partial charge in [-0.3, -0.25) is 9.36 Å². The molecule has 11 heteroatoms. The number of thiazole rings is 1. The number of carbonyl (C=O) groups is 1. The summed E-state index contributed by atoms with van der Waals surface area (Å²) in [5, 5.41) is 15.0. The van der Waals surface area contributed by atoms with Gasteiger partial charge in [-0.15, -0.1) is 21.5 Å². The number of nitrogens with zero attached hydrogens (tertiary/aromatic N) is 4. The van der Waals surface area contributed by atoms with Crippen molar-refractivity contribution in [2.75, 3.05) is 18.2 Å². The molecule has 35 heavy (non-hydrogen) atoms. The molecule has 0 unspecified atom stereocenters. The van der Waals surface area contributed by atoms with E-state index < -0.39 is 0 Å². The van der Waals surface area contributed by atoms with Gasteiger partial charge in [0.15, 0.2) is 16.0 Å². The number of halogens is 1.